The minimum Gasteiger partial charge on any atom is -0.481 e. The predicted octanol–water partition coefficient (Wildman–Crippen LogP) is 0.686. The summed E-state index contributed by atoms with van der Waals surface area (Å²) >= 11 is 1.26. The number of nitrogens with zero attached hydrogens (tertiary/aromatic N) is 3. The van der Waals surface area contributed by atoms with Crippen LogP contribution in [0.15, 0.2) is 0 Å². The molecule has 0 amide bonds. The summed E-state index contributed by atoms with van der Waals surface area (Å²) in [5.41, 5.74) is 0. The van der Waals surface area contributed by atoms with E-state index in [9.17, 15) is 9.59 Å². The monoisotopic (exact) mass is 303 g/mol. The van der Waals surface area contributed by atoms with Crippen molar-refractivity contribution in [1.82, 2.24) is 10.2 Å². The van der Waals surface area contributed by atoms with Gasteiger partial charge in [0.2, 0.25) is 5.13 Å². The molecule has 112 valence electrons. The lowest BCUT2D eigenvalue weighted by atomic mass is 10.2. The van der Waals surface area contributed by atoms with Gasteiger partial charge in [0.25, 0.3) is 0 Å². The number of anilines is 1. The number of carboxylic acid groups (broad SMARTS) is 2. The predicted molar refractivity (Wildman–Crippen MR) is 71.9 cm³/mol. The largest absolute Gasteiger partial charge is 0.481 e. The van der Waals surface area contributed by atoms with E-state index in [4.69, 9.17) is 14.9 Å². The fraction of sp³-hybridized carbons (Fsp3) is 0.636. The summed E-state index contributed by atoms with van der Waals surface area (Å²) in [7, 11) is 1.54. The molecule has 1 unspecified atom stereocenters. The second-order valence-electron chi connectivity index (χ2n) is 4.24. The first-order valence-electron chi connectivity index (χ1n) is 5.95. The molecule has 0 aromatic carbocycles. The molecule has 8 nitrogen and oxygen atoms in total. The molecule has 0 spiro atoms. The molecule has 0 saturated heterocycles. The van der Waals surface area contributed by atoms with Gasteiger partial charge in [-0.25, -0.2) is 0 Å². The Hall–Kier alpha value is -1.74. The van der Waals surface area contributed by atoms with Crippen LogP contribution in [0.25, 0.3) is 0 Å². The summed E-state index contributed by atoms with van der Waals surface area (Å²) in [6.45, 7) is 2.25. The smallest absolute Gasteiger partial charge is 0.308 e. The molecule has 0 saturated carbocycles. The van der Waals surface area contributed by atoms with Crippen LogP contribution in [0.1, 0.15) is 18.4 Å². The zero-order valence-electron chi connectivity index (χ0n) is 11.3. The molecule has 0 radical (unpaired) electrons. The van der Waals surface area contributed by atoms with E-state index in [1.807, 2.05) is 0 Å². The van der Waals surface area contributed by atoms with Crippen LogP contribution in [0, 0.1) is 5.92 Å². The van der Waals surface area contributed by atoms with E-state index in [-0.39, 0.29) is 19.5 Å². The number of carboxylic acids is 2. The highest BCUT2D eigenvalue weighted by Gasteiger charge is 2.20. The summed E-state index contributed by atoms with van der Waals surface area (Å²) in [5.74, 6) is -2.51. The quantitative estimate of drug-likeness (QED) is 0.685. The van der Waals surface area contributed by atoms with Gasteiger partial charge in [-0.05, 0) is 0 Å². The lowest BCUT2D eigenvalue weighted by molar-refractivity contribution is -0.140. The first-order valence-corrected chi connectivity index (χ1v) is 6.76. The van der Waals surface area contributed by atoms with Gasteiger partial charge in [-0.3, -0.25) is 9.59 Å². The summed E-state index contributed by atoms with van der Waals surface area (Å²) in [6, 6.07) is 0. The molecule has 1 aromatic rings. The molecule has 20 heavy (non-hydrogen) atoms. The SMILES string of the molecule is COCc1nnc(N(CCC(=O)O)CC(C)C(=O)O)s1. The highest BCUT2D eigenvalue weighted by atomic mass is 32.1. The third-order valence-electron chi connectivity index (χ3n) is 2.51. The number of aliphatic carboxylic acids is 2. The Labute approximate surface area is 120 Å². The van der Waals surface area contributed by atoms with E-state index in [0.29, 0.717) is 16.7 Å². The van der Waals surface area contributed by atoms with E-state index in [1.165, 1.54) is 18.4 Å². The molecule has 2 N–H and O–H groups in total. The van der Waals surface area contributed by atoms with E-state index in [0.717, 1.165) is 0 Å². The Morgan fingerprint density at radius 3 is 2.65 bits per heavy atom. The first kappa shape index (κ1) is 16.3. The van der Waals surface area contributed by atoms with E-state index in [2.05, 4.69) is 10.2 Å². The zero-order valence-corrected chi connectivity index (χ0v) is 12.1. The third-order valence-corrected chi connectivity index (χ3v) is 3.46. The second kappa shape index (κ2) is 7.75. The molecule has 0 aliphatic heterocycles. The van der Waals surface area contributed by atoms with Crippen LogP contribution in [-0.4, -0.2) is 52.5 Å². The number of hydrogen-bond donors (Lipinski definition) is 2. The van der Waals surface area contributed by atoms with Crippen LogP contribution in [0.5, 0.6) is 0 Å². The third kappa shape index (κ3) is 5.10. The lowest BCUT2D eigenvalue weighted by Gasteiger charge is -2.22. The number of ether oxygens (including phenoxy) is 1. The Balaban J connectivity index is 2.78. The van der Waals surface area contributed by atoms with Gasteiger partial charge in [-0.1, -0.05) is 18.3 Å². The van der Waals surface area contributed by atoms with Gasteiger partial charge < -0.3 is 19.8 Å². The van der Waals surface area contributed by atoms with Gasteiger partial charge in [-0.15, -0.1) is 10.2 Å². The molecule has 1 rings (SSSR count). The minimum absolute atomic E-state index is 0.0917. The zero-order chi connectivity index (χ0) is 15.1. The van der Waals surface area contributed by atoms with Crippen LogP contribution in [-0.2, 0) is 20.9 Å². The molecular weight excluding hydrogens is 286 g/mol. The average molecular weight is 303 g/mol. The number of carbonyl (C=O) groups is 2. The van der Waals surface area contributed by atoms with Gasteiger partial charge in [0.1, 0.15) is 11.6 Å². The maximum atomic E-state index is 10.9. The fourth-order valence-electron chi connectivity index (χ4n) is 1.46. The van der Waals surface area contributed by atoms with Crippen LogP contribution in [0.2, 0.25) is 0 Å². The molecule has 0 bridgehead atoms. The van der Waals surface area contributed by atoms with Crippen molar-refractivity contribution >= 4 is 28.4 Å². The van der Waals surface area contributed by atoms with Crippen molar-refractivity contribution in [2.45, 2.75) is 20.0 Å². The summed E-state index contributed by atoms with van der Waals surface area (Å²) in [5, 5.41) is 26.7. The Kier molecular flexibility index (Phi) is 6.32. The molecule has 0 aliphatic carbocycles. The minimum atomic E-state index is -0.945. The number of hydrogen-bond acceptors (Lipinski definition) is 7. The van der Waals surface area contributed by atoms with Gasteiger partial charge in [0.05, 0.1) is 12.3 Å². The molecule has 9 heteroatoms. The topological polar surface area (TPSA) is 113 Å². The highest BCUT2D eigenvalue weighted by Crippen LogP contribution is 2.22. The molecule has 0 aliphatic rings. The van der Waals surface area contributed by atoms with E-state index in [1.54, 1.807) is 11.8 Å². The van der Waals surface area contributed by atoms with Gasteiger partial charge >= 0.3 is 11.9 Å². The van der Waals surface area contributed by atoms with Gasteiger partial charge in [0.15, 0.2) is 0 Å². The Bertz CT molecular complexity index is 465. The Morgan fingerprint density at radius 1 is 1.40 bits per heavy atom. The van der Waals surface area contributed by atoms with Gasteiger partial charge in [0, 0.05) is 20.2 Å². The van der Waals surface area contributed by atoms with Crippen molar-refractivity contribution in [1.29, 1.82) is 0 Å². The van der Waals surface area contributed by atoms with Crippen molar-refractivity contribution in [3.63, 3.8) is 0 Å². The lowest BCUT2D eigenvalue weighted by Crippen LogP contribution is -2.33. The van der Waals surface area contributed by atoms with Crippen molar-refractivity contribution in [3.05, 3.63) is 5.01 Å². The number of aromatic nitrogens is 2. The van der Waals surface area contributed by atoms with E-state index < -0.39 is 17.9 Å². The molecule has 1 heterocycles. The fourth-order valence-corrected chi connectivity index (χ4v) is 2.30. The first-order chi connectivity index (χ1) is 9.43. The maximum Gasteiger partial charge on any atom is 0.308 e. The van der Waals surface area contributed by atoms with Crippen molar-refractivity contribution in [2.24, 2.45) is 5.92 Å². The van der Waals surface area contributed by atoms with Crippen LogP contribution in [0.3, 0.4) is 0 Å². The molecular formula is C11H17N3O5S. The van der Waals surface area contributed by atoms with Crippen molar-refractivity contribution in [3.8, 4) is 0 Å². The molecule has 1 aromatic heterocycles. The van der Waals surface area contributed by atoms with Crippen molar-refractivity contribution in [2.75, 3.05) is 25.1 Å². The van der Waals surface area contributed by atoms with Crippen LogP contribution >= 0.6 is 11.3 Å². The number of rotatable bonds is 9. The average Bonchev–Trinajstić information content (AvgIpc) is 2.82. The maximum absolute atomic E-state index is 10.9. The number of methoxy groups -OCH3 is 1. The Morgan fingerprint density at radius 2 is 2.10 bits per heavy atom. The summed E-state index contributed by atoms with van der Waals surface area (Å²) < 4.78 is 4.94. The second-order valence-corrected chi connectivity index (χ2v) is 5.28. The molecule has 0 fully saturated rings. The van der Waals surface area contributed by atoms with E-state index >= 15 is 0 Å². The molecule has 1 atom stereocenters. The van der Waals surface area contributed by atoms with Crippen molar-refractivity contribution < 1.29 is 24.5 Å². The summed E-state index contributed by atoms with van der Waals surface area (Å²) in [4.78, 5) is 23.2. The highest BCUT2D eigenvalue weighted by molar-refractivity contribution is 7.15. The van der Waals surface area contributed by atoms with Gasteiger partial charge in [-0.2, -0.15) is 0 Å². The van der Waals surface area contributed by atoms with Crippen LogP contribution < -0.4 is 4.90 Å². The summed E-state index contributed by atoms with van der Waals surface area (Å²) in [6.07, 6.45) is -0.0917. The normalized spacial score (nSPS) is 12.1. The standard InChI is InChI=1S/C11H17N3O5S/c1-7(10(17)18)5-14(4-3-9(15)16)11-13-12-8(20-11)6-19-2/h7H,3-6H2,1-2H3,(H,15,16)(H,17,18). The van der Waals surface area contributed by atoms with Crippen LogP contribution in [0.4, 0.5) is 5.13 Å².